The van der Waals surface area contributed by atoms with Gasteiger partial charge in [-0.2, -0.15) is 0 Å². The third-order valence-electron chi connectivity index (χ3n) is 2.94. The lowest BCUT2D eigenvalue weighted by Crippen LogP contribution is -2.24. The molecule has 2 unspecified atom stereocenters. The van der Waals surface area contributed by atoms with Crippen molar-refractivity contribution in [3.63, 3.8) is 0 Å². The Morgan fingerprint density at radius 3 is 2.65 bits per heavy atom. The summed E-state index contributed by atoms with van der Waals surface area (Å²) in [5.74, 6) is -6.08. The van der Waals surface area contributed by atoms with Crippen LogP contribution in [0.2, 0.25) is 0 Å². The number of aliphatic carboxylic acids is 1. The molecule has 17 heavy (non-hydrogen) atoms. The number of benzene rings is 1. The SMILES string of the molecule is O=C(O)C1CCNC1c1ccc(F)c(F)c1F. The minimum absolute atomic E-state index is 0.145. The second-order valence-electron chi connectivity index (χ2n) is 3.93. The Hall–Kier alpha value is -1.56. The van der Waals surface area contributed by atoms with E-state index in [0.717, 1.165) is 12.1 Å². The average molecular weight is 245 g/mol. The maximum Gasteiger partial charge on any atom is 0.308 e. The highest BCUT2D eigenvalue weighted by atomic mass is 19.2. The number of carbonyl (C=O) groups is 1. The lowest BCUT2D eigenvalue weighted by atomic mass is 9.94. The van der Waals surface area contributed by atoms with Crippen LogP contribution < -0.4 is 5.32 Å². The summed E-state index contributed by atoms with van der Waals surface area (Å²) in [7, 11) is 0. The molecular formula is C11H10F3NO2. The molecule has 0 aliphatic carbocycles. The first-order chi connectivity index (χ1) is 8.02. The van der Waals surface area contributed by atoms with Crippen molar-refractivity contribution < 1.29 is 23.1 Å². The molecule has 0 bridgehead atoms. The van der Waals surface area contributed by atoms with Gasteiger partial charge in [-0.15, -0.1) is 0 Å². The molecule has 2 atom stereocenters. The Bertz CT molecular complexity index is 464. The van der Waals surface area contributed by atoms with E-state index in [2.05, 4.69) is 5.32 Å². The lowest BCUT2D eigenvalue weighted by Gasteiger charge is -2.17. The van der Waals surface area contributed by atoms with Gasteiger partial charge >= 0.3 is 5.97 Å². The zero-order valence-electron chi connectivity index (χ0n) is 8.71. The summed E-state index contributed by atoms with van der Waals surface area (Å²) in [4.78, 5) is 10.9. The maximum atomic E-state index is 13.5. The van der Waals surface area contributed by atoms with Crippen LogP contribution in [0.4, 0.5) is 13.2 Å². The van der Waals surface area contributed by atoms with Crippen molar-refractivity contribution in [1.29, 1.82) is 0 Å². The van der Waals surface area contributed by atoms with Gasteiger partial charge in [-0.05, 0) is 19.0 Å². The fourth-order valence-electron chi connectivity index (χ4n) is 2.08. The van der Waals surface area contributed by atoms with Gasteiger partial charge in [0.15, 0.2) is 17.5 Å². The van der Waals surface area contributed by atoms with E-state index in [4.69, 9.17) is 5.11 Å². The Balaban J connectivity index is 2.40. The van der Waals surface area contributed by atoms with Gasteiger partial charge in [0.05, 0.1) is 5.92 Å². The second kappa shape index (κ2) is 4.37. The lowest BCUT2D eigenvalue weighted by molar-refractivity contribution is -0.142. The number of carboxylic acid groups (broad SMARTS) is 1. The van der Waals surface area contributed by atoms with E-state index in [0.29, 0.717) is 13.0 Å². The van der Waals surface area contributed by atoms with Gasteiger partial charge in [0, 0.05) is 11.6 Å². The Morgan fingerprint density at radius 1 is 1.29 bits per heavy atom. The summed E-state index contributed by atoms with van der Waals surface area (Å²) in [6, 6.07) is 1.06. The highest BCUT2D eigenvalue weighted by molar-refractivity contribution is 5.71. The van der Waals surface area contributed by atoms with Crippen molar-refractivity contribution in [2.75, 3.05) is 6.54 Å². The first-order valence-electron chi connectivity index (χ1n) is 5.12. The normalized spacial score (nSPS) is 23.9. The van der Waals surface area contributed by atoms with Crippen LogP contribution in [-0.4, -0.2) is 17.6 Å². The van der Waals surface area contributed by atoms with E-state index in [1.54, 1.807) is 0 Å². The molecule has 0 aromatic heterocycles. The molecule has 1 fully saturated rings. The van der Waals surface area contributed by atoms with E-state index in [-0.39, 0.29) is 5.56 Å². The van der Waals surface area contributed by atoms with Crippen LogP contribution in [0.5, 0.6) is 0 Å². The standard InChI is InChI=1S/C11H10F3NO2/c12-7-2-1-5(8(13)9(7)14)10-6(11(16)17)3-4-15-10/h1-2,6,10,15H,3-4H2,(H,16,17). The number of carboxylic acids is 1. The minimum atomic E-state index is -1.57. The summed E-state index contributed by atoms with van der Waals surface area (Å²) in [6.45, 7) is 0.403. The predicted octanol–water partition coefficient (Wildman–Crippen LogP) is 1.84. The van der Waals surface area contributed by atoms with E-state index >= 15 is 0 Å². The molecule has 1 aromatic rings. The quantitative estimate of drug-likeness (QED) is 0.781. The fraction of sp³-hybridized carbons (Fsp3) is 0.364. The Kier molecular flexibility index (Phi) is 3.06. The van der Waals surface area contributed by atoms with Gasteiger partial charge in [0.2, 0.25) is 0 Å². The van der Waals surface area contributed by atoms with Gasteiger partial charge < -0.3 is 10.4 Å². The van der Waals surface area contributed by atoms with Gasteiger partial charge in [0.25, 0.3) is 0 Å². The van der Waals surface area contributed by atoms with Gasteiger partial charge in [-0.1, -0.05) is 6.07 Å². The molecular weight excluding hydrogens is 235 g/mol. The largest absolute Gasteiger partial charge is 0.481 e. The number of halogens is 3. The van der Waals surface area contributed by atoms with Crippen molar-refractivity contribution in [2.45, 2.75) is 12.5 Å². The topological polar surface area (TPSA) is 49.3 Å². The molecule has 0 spiro atoms. The summed E-state index contributed by atoms with van der Waals surface area (Å²) in [5, 5.41) is 11.7. The van der Waals surface area contributed by atoms with Crippen molar-refractivity contribution in [2.24, 2.45) is 5.92 Å². The van der Waals surface area contributed by atoms with Gasteiger partial charge in [-0.25, -0.2) is 13.2 Å². The molecule has 0 saturated carbocycles. The predicted molar refractivity (Wildman–Crippen MR) is 52.8 cm³/mol. The molecule has 1 saturated heterocycles. The third kappa shape index (κ3) is 2.00. The minimum Gasteiger partial charge on any atom is -0.481 e. The number of rotatable bonds is 2. The molecule has 0 radical (unpaired) electrons. The van der Waals surface area contributed by atoms with Gasteiger partial charge in [0.1, 0.15) is 0 Å². The van der Waals surface area contributed by atoms with Crippen LogP contribution in [0.3, 0.4) is 0 Å². The third-order valence-corrected chi connectivity index (χ3v) is 2.94. The highest BCUT2D eigenvalue weighted by Crippen LogP contribution is 2.32. The summed E-state index contributed by atoms with van der Waals surface area (Å²) >= 11 is 0. The zero-order valence-corrected chi connectivity index (χ0v) is 8.71. The summed E-state index contributed by atoms with van der Waals surface area (Å²) in [6.07, 6.45) is 0.332. The molecule has 1 aliphatic heterocycles. The summed E-state index contributed by atoms with van der Waals surface area (Å²) in [5.41, 5.74) is -0.145. The first kappa shape index (κ1) is 11.9. The van der Waals surface area contributed by atoms with Crippen molar-refractivity contribution in [3.05, 3.63) is 35.1 Å². The van der Waals surface area contributed by atoms with Crippen LogP contribution in [0.1, 0.15) is 18.0 Å². The van der Waals surface area contributed by atoms with Crippen LogP contribution in [-0.2, 0) is 4.79 Å². The van der Waals surface area contributed by atoms with E-state index < -0.39 is 35.4 Å². The maximum absolute atomic E-state index is 13.5. The average Bonchev–Trinajstić information content (AvgIpc) is 2.75. The van der Waals surface area contributed by atoms with E-state index in [9.17, 15) is 18.0 Å². The smallest absolute Gasteiger partial charge is 0.308 e. The van der Waals surface area contributed by atoms with E-state index in [1.165, 1.54) is 0 Å². The molecule has 2 N–H and O–H groups in total. The molecule has 0 amide bonds. The number of nitrogens with one attached hydrogen (secondary N) is 1. The number of hydrogen-bond donors (Lipinski definition) is 2. The fourth-order valence-corrected chi connectivity index (χ4v) is 2.08. The van der Waals surface area contributed by atoms with Crippen LogP contribution in [0.15, 0.2) is 12.1 Å². The summed E-state index contributed by atoms with van der Waals surface area (Å²) < 4.78 is 39.3. The molecule has 1 aromatic carbocycles. The van der Waals surface area contributed by atoms with Gasteiger partial charge in [-0.3, -0.25) is 4.79 Å². The van der Waals surface area contributed by atoms with Crippen molar-refractivity contribution in [1.82, 2.24) is 5.32 Å². The molecule has 1 heterocycles. The molecule has 3 nitrogen and oxygen atoms in total. The molecule has 6 heteroatoms. The van der Waals surface area contributed by atoms with E-state index in [1.807, 2.05) is 0 Å². The van der Waals surface area contributed by atoms with Crippen molar-refractivity contribution >= 4 is 5.97 Å². The van der Waals surface area contributed by atoms with Crippen LogP contribution in [0, 0.1) is 23.4 Å². The highest BCUT2D eigenvalue weighted by Gasteiger charge is 2.36. The first-order valence-corrected chi connectivity index (χ1v) is 5.12. The second-order valence-corrected chi connectivity index (χ2v) is 3.93. The monoisotopic (exact) mass is 245 g/mol. The molecule has 92 valence electrons. The van der Waals surface area contributed by atoms with Crippen LogP contribution in [0.25, 0.3) is 0 Å². The van der Waals surface area contributed by atoms with Crippen molar-refractivity contribution in [3.8, 4) is 0 Å². The zero-order chi connectivity index (χ0) is 12.6. The van der Waals surface area contributed by atoms with Crippen LogP contribution >= 0.6 is 0 Å². The Labute approximate surface area is 95.3 Å². The number of hydrogen-bond acceptors (Lipinski definition) is 2. The molecule has 1 aliphatic rings. The molecule has 2 rings (SSSR count). The Morgan fingerprint density at radius 2 is 2.00 bits per heavy atom.